The summed E-state index contributed by atoms with van der Waals surface area (Å²) in [5, 5.41) is 9.21. The number of anilines is 2. The number of ether oxygens (including phenoxy) is 1. The normalized spacial score (nSPS) is 16.4. The van der Waals surface area contributed by atoms with Crippen LogP contribution in [0.5, 0.6) is 0 Å². The van der Waals surface area contributed by atoms with Crippen LogP contribution in [0.15, 0.2) is 12.1 Å². The highest BCUT2D eigenvalue weighted by molar-refractivity contribution is 5.95. The van der Waals surface area contributed by atoms with Crippen molar-refractivity contribution in [1.82, 2.24) is 0 Å². The summed E-state index contributed by atoms with van der Waals surface area (Å²) in [6.45, 7) is 6.36. The maximum atomic E-state index is 11.2. The third kappa shape index (κ3) is 3.04. The van der Waals surface area contributed by atoms with E-state index < -0.39 is 5.97 Å². The van der Waals surface area contributed by atoms with Gasteiger partial charge in [-0.2, -0.15) is 0 Å². The molecule has 0 unspecified atom stereocenters. The first kappa shape index (κ1) is 14.7. The van der Waals surface area contributed by atoms with Gasteiger partial charge in [0.2, 0.25) is 0 Å². The molecule has 0 saturated carbocycles. The van der Waals surface area contributed by atoms with E-state index in [1.54, 1.807) is 6.07 Å². The second kappa shape index (κ2) is 6.13. The smallest absolute Gasteiger partial charge is 0.337 e. The van der Waals surface area contributed by atoms with Crippen molar-refractivity contribution in [2.24, 2.45) is 0 Å². The Balaban J connectivity index is 2.16. The number of rotatable bonds is 4. The number of hydrogen-bond donors (Lipinski definition) is 2. The summed E-state index contributed by atoms with van der Waals surface area (Å²) in [6.07, 6.45) is 2.27. The standard InChI is InChI=1S/C15H22N2O3/c1-3-20-12-4-6-17(7-5-12)11-8-10(2)14(16)13(9-11)15(18)19/h8-9,12H,3-7,16H2,1-2H3,(H,18,19). The Hall–Kier alpha value is -1.75. The van der Waals surface area contributed by atoms with Crippen molar-refractivity contribution >= 4 is 17.3 Å². The highest BCUT2D eigenvalue weighted by atomic mass is 16.5. The van der Waals surface area contributed by atoms with Crippen molar-refractivity contribution < 1.29 is 14.6 Å². The molecule has 5 heteroatoms. The first-order chi connectivity index (χ1) is 9.52. The van der Waals surface area contributed by atoms with Gasteiger partial charge in [0.25, 0.3) is 0 Å². The van der Waals surface area contributed by atoms with Crippen LogP contribution in [0.25, 0.3) is 0 Å². The van der Waals surface area contributed by atoms with E-state index in [-0.39, 0.29) is 5.56 Å². The van der Waals surface area contributed by atoms with Gasteiger partial charge in [-0.25, -0.2) is 4.79 Å². The lowest BCUT2D eigenvalue weighted by atomic mass is 10.0. The SMILES string of the molecule is CCOC1CCN(c2cc(C)c(N)c(C(=O)O)c2)CC1. The monoisotopic (exact) mass is 278 g/mol. The Bertz CT molecular complexity index is 494. The maximum Gasteiger partial charge on any atom is 0.337 e. The first-order valence-electron chi connectivity index (χ1n) is 7.03. The van der Waals surface area contributed by atoms with Crippen LogP contribution in [-0.2, 0) is 4.74 Å². The predicted molar refractivity (Wildman–Crippen MR) is 79.4 cm³/mol. The van der Waals surface area contributed by atoms with Gasteiger partial charge in [0.15, 0.2) is 0 Å². The molecule has 2 rings (SSSR count). The van der Waals surface area contributed by atoms with E-state index in [1.165, 1.54) is 0 Å². The predicted octanol–water partition coefficient (Wildman–Crippen LogP) is 2.28. The number of benzene rings is 1. The largest absolute Gasteiger partial charge is 0.478 e. The number of carboxylic acids is 1. The maximum absolute atomic E-state index is 11.2. The highest BCUT2D eigenvalue weighted by Crippen LogP contribution is 2.28. The fourth-order valence-corrected chi connectivity index (χ4v) is 2.66. The van der Waals surface area contributed by atoms with Gasteiger partial charge in [-0.05, 0) is 44.4 Å². The van der Waals surface area contributed by atoms with Crippen molar-refractivity contribution in [1.29, 1.82) is 0 Å². The lowest BCUT2D eigenvalue weighted by Crippen LogP contribution is -2.37. The Morgan fingerprint density at radius 1 is 1.45 bits per heavy atom. The van der Waals surface area contributed by atoms with Gasteiger partial charge in [0, 0.05) is 31.1 Å². The molecule has 3 N–H and O–H groups in total. The Morgan fingerprint density at radius 3 is 2.65 bits per heavy atom. The third-order valence-corrected chi connectivity index (χ3v) is 3.81. The molecule has 20 heavy (non-hydrogen) atoms. The third-order valence-electron chi connectivity index (χ3n) is 3.81. The average molecular weight is 278 g/mol. The van der Waals surface area contributed by atoms with E-state index in [0.717, 1.165) is 43.8 Å². The molecule has 110 valence electrons. The number of nitrogens with zero attached hydrogens (tertiary/aromatic N) is 1. The number of aryl methyl sites for hydroxylation is 1. The minimum atomic E-state index is -0.975. The van der Waals surface area contributed by atoms with E-state index in [4.69, 9.17) is 10.5 Å². The second-order valence-electron chi connectivity index (χ2n) is 5.17. The molecular formula is C15H22N2O3. The molecule has 1 aliphatic rings. The summed E-state index contributed by atoms with van der Waals surface area (Å²) >= 11 is 0. The quantitative estimate of drug-likeness (QED) is 0.826. The van der Waals surface area contributed by atoms with Crippen LogP contribution in [-0.4, -0.2) is 36.9 Å². The zero-order chi connectivity index (χ0) is 14.7. The van der Waals surface area contributed by atoms with Crippen molar-refractivity contribution in [3.8, 4) is 0 Å². The molecule has 1 saturated heterocycles. The Labute approximate surface area is 119 Å². The molecule has 1 fully saturated rings. The molecular weight excluding hydrogens is 256 g/mol. The van der Waals surface area contributed by atoms with Crippen LogP contribution in [0, 0.1) is 6.92 Å². The molecule has 1 aromatic carbocycles. The zero-order valence-corrected chi connectivity index (χ0v) is 12.1. The molecule has 0 aromatic heterocycles. The van der Waals surface area contributed by atoms with Crippen LogP contribution in [0.1, 0.15) is 35.7 Å². The fourth-order valence-electron chi connectivity index (χ4n) is 2.66. The molecule has 5 nitrogen and oxygen atoms in total. The molecule has 1 heterocycles. The number of carbonyl (C=O) groups is 1. The lowest BCUT2D eigenvalue weighted by molar-refractivity contribution is 0.0459. The number of carboxylic acid groups (broad SMARTS) is 1. The zero-order valence-electron chi connectivity index (χ0n) is 12.1. The van der Waals surface area contributed by atoms with E-state index in [0.29, 0.717) is 11.8 Å². The van der Waals surface area contributed by atoms with Gasteiger partial charge in [0.05, 0.1) is 11.7 Å². The van der Waals surface area contributed by atoms with Crippen LogP contribution < -0.4 is 10.6 Å². The number of nitrogens with two attached hydrogens (primary N) is 1. The summed E-state index contributed by atoms with van der Waals surface area (Å²) < 4.78 is 5.63. The van der Waals surface area contributed by atoms with E-state index in [2.05, 4.69) is 4.90 Å². The van der Waals surface area contributed by atoms with Gasteiger partial charge < -0.3 is 20.5 Å². The molecule has 0 spiro atoms. The molecule has 0 radical (unpaired) electrons. The van der Waals surface area contributed by atoms with Crippen LogP contribution >= 0.6 is 0 Å². The summed E-state index contributed by atoms with van der Waals surface area (Å²) in [5.74, 6) is -0.975. The van der Waals surface area contributed by atoms with Crippen LogP contribution in [0.3, 0.4) is 0 Å². The van der Waals surface area contributed by atoms with Crippen LogP contribution in [0.4, 0.5) is 11.4 Å². The Morgan fingerprint density at radius 2 is 2.10 bits per heavy atom. The van der Waals surface area contributed by atoms with Gasteiger partial charge in [-0.1, -0.05) is 0 Å². The topological polar surface area (TPSA) is 75.8 Å². The van der Waals surface area contributed by atoms with Crippen molar-refractivity contribution in [2.75, 3.05) is 30.3 Å². The molecule has 0 aliphatic carbocycles. The first-order valence-corrected chi connectivity index (χ1v) is 7.03. The van der Waals surface area contributed by atoms with E-state index in [9.17, 15) is 9.90 Å². The van der Waals surface area contributed by atoms with Crippen molar-refractivity contribution in [3.05, 3.63) is 23.3 Å². The second-order valence-corrected chi connectivity index (χ2v) is 5.17. The molecule has 0 bridgehead atoms. The van der Waals surface area contributed by atoms with Crippen molar-refractivity contribution in [2.45, 2.75) is 32.8 Å². The molecule has 1 aliphatic heterocycles. The minimum Gasteiger partial charge on any atom is -0.478 e. The van der Waals surface area contributed by atoms with E-state index >= 15 is 0 Å². The minimum absolute atomic E-state index is 0.187. The molecule has 0 atom stereocenters. The Kier molecular flexibility index (Phi) is 4.49. The summed E-state index contributed by atoms with van der Waals surface area (Å²) in [4.78, 5) is 13.4. The summed E-state index contributed by atoms with van der Waals surface area (Å²) in [6, 6.07) is 3.63. The van der Waals surface area contributed by atoms with E-state index in [1.807, 2.05) is 19.9 Å². The van der Waals surface area contributed by atoms with Crippen molar-refractivity contribution in [3.63, 3.8) is 0 Å². The summed E-state index contributed by atoms with van der Waals surface area (Å²) in [5.41, 5.74) is 8.11. The molecule has 1 aromatic rings. The number of aromatic carboxylic acids is 1. The van der Waals surface area contributed by atoms with Crippen LogP contribution in [0.2, 0.25) is 0 Å². The number of nitrogen functional groups attached to an aromatic ring is 1. The highest BCUT2D eigenvalue weighted by Gasteiger charge is 2.21. The van der Waals surface area contributed by atoms with Gasteiger partial charge in [-0.3, -0.25) is 0 Å². The number of piperidine rings is 1. The van der Waals surface area contributed by atoms with Gasteiger partial charge in [0.1, 0.15) is 0 Å². The lowest BCUT2D eigenvalue weighted by Gasteiger charge is -2.33. The summed E-state index contributed by atoms with van der Waals surface area (Å²) in [7, 11) is 0. The number of hydrogen-bond acceptors (Lipinski definition) is 4. The fraction of sp³-hybridized carbons (Fsp3) is 0.533. The van der Waals surface area contributed by atoms with Gasteiger partial charge >= 0.3 is 5.97 Å². The average Bonchev–Trinajstić information content (AvgIpc) is 2.42. The van der Waals surface area contributed by atoms with Gasteiger partial charge in [-0.15, -0.1) is 0 Å². The molecule has 0 amide bonds.